The predicted molar refractivity (Wildman–Crippen MR) is 78.5 cm³/mol. The third-order valence-corrected chi connectivity index (χ3v) is 3.25. The third-order valence-electron chi connectivity index (χ3n) is 3.25. The number of aromatic nitrogens is 1. The Kier molecular flexibility index (Phi) is 4.42. The lowest BCUT2D eigenvalue weighted by Crippen LogP contribution is -2.44. The van der Waals surface area contributed by atoms with Crippen LogP contribution < -0.4 is 10.2 Å². The fourth-order valence-electron chi connectivity index (χ4n) is 2.15. The first kappa shape index (κ1) is 14.3. The molecule has 106 valence electrons. The molecule has 19 heavy (non-hydrogen) atoms. The molecule has 0 radical (unpaired) electrons. The van der Waals surface area contributed by atoms with Gasteiger partial charge in [0, 0.05) is 18.6 Å². The van der Waals surface area contributed by atoms with Crippen molar-refractivity contribution < 1.29 is 4.74 Å². The van der Waals surface area contributed by atoms with E-state index in [9.17, 15) is 0 Å². The first-order valence-electron chi connectivity index (χ1n) is 7.01. The van der Waals surface area contributed by atoms with Crippen LogP contribution in [-0.2, 0) is 11.3 Å². The molecule has 4 heteroatoms. The molecule has 0 aliphatic carbocycles. The van der Waals surface area contributed by atoms with E-state index in [1.165, 1.54) is 0 Å². The van der Waals surface area contributed by atoms with Crippen molar-refractivity contribution in [3.8, 4) is 0 Å². The van der Waals surface area contributed by atoms with Crippen molar-refractivity contribution in [3.63, 3.8) is 0 Å². The van der Waals surface area contributed by atoms with Crippen LogP contribution in [0.4, 0.5) is 5.82 Å². The summed E-state index contributed by atoms with van der Waals surface area (Å²) in [6.45, 7) is 12.0. The van der Waals surface area contributed by atoms with Crippen molar-refractivity contribution in [2.24, 2.45) is 0 Å². The van der Waals surface area contributed by atoms with Gasteiger partial charge in [-0.1, -0.05) is 6.07 Å². The second-order valence-corrected chi connectivity index (χ2v) is 6.21. The summed E-state index contributed by atoms with van der Waals surface area (Å²) >= 11 is 0. The maximum absolute atomic E-state index is 5.47. The van der Waals surface area contributed by atoms with Gasteiger partial charge in [0.1, 0.15) is 5.82 Å². The van der Waals surface area contributed by atoms with Gasteiger partial charge in [-0.2, -0.15) is 0 Å². The molecule has 1 aliphatic heterocycles. The van der Waals surface area contributed by atoms with Crippen molar-refractivity contribution in [2.45, 2.75) is 45.8 Å². The maximum Gasteiger partial charge on any atom is 0.129 e. The molecule has 0 aromatic carbocycles. The fourth-order valence-corrected chi connectivity index (χ4v) is 2.15. The lowest BCUT2D eigenvalue weighted by molar-refractivity contribution is 0.0985. The van der Waals surface area contributed by atoms with Gasteiger partial charge in [0.2, 0.25) is 0 Å². The Hall–Kier alpha value is -1.13. The van der Waals surface area contributed by atoms with Crippen molar-refractivity contribution in [3.05, 3.63) is 23.9 Å². The average Bonchev–Trinajstić information content (AvgIpc) is 2.36. The van der Waals surface area contributed by atoms with E-state index in [0.29, 0.717) is 6.04 Å². The summed E-state index contributed by atoms with van der Waals surface area (Å²) in [6, 6.07) is 6.65. The average molecular weight is 263 g/mol. The molecule has 0 amide bonds. The molecule has 1 aromatic rings. The first-order chi connectivity index (χ1) is 8.96. The predicted octanol–water partition coefficient (Wildman–Crippen LogP) is 2.19. The van der Waals surface area contributed by atoms with Gasteiger partial charge >= 0.3 is 0 Å². The highest BCUT2D eigenvalue weighted by Gasteiger charge is 2.20. The van der Waals surface area contributed by atoms with E-state index in [2.05, 4.69) is 56.1 Å². The van der Waals surface area contributed by atoms with E-state index in [4.69, 9.17) is 9.72 Å². The quantitative estimate of drug-likeness (QED) is 0.907. The van der Waals surface area contributed by atoms with Gasteiger partial charge in [-0.3, -0.25) is 0 Å². The minimum Gasteiger partial charge on any atom is -0.377 e. The summed E-state index contributed by atoms with van der Waals surface area (Å²) in [7, 11) is 0. The molecule has 0 spiro atoms. The zero-order valence-electron chi connectivity index (χ0n) is 12.4. The number of hydrogen-bond donors (Lipinski definition) is 1. The summed E-state index contributed by atoms with van der Waals surface area (Å²) in [6.07, 6.45) is 0. The molecule has 1 N–H and O–H groups in total. The van der Waals surface area contributed by atoms with Gasteiger partial charge in [-0.25, -0.2) is 4.98 Å². The van der Waals surface area contributed by atoms with E-state index in [1.54, 1.807) is 0 Å². The van der Waals surface area contributed by atoms with Crippen LogP contribution in [0.2, 0.25) is 0 Å². The first-order valence-corrected chi connectivity index (χ1v) is 7.01. The molecule has 2 rings (SSSR count). The molecule has 4 nitrogen and oxygen atoms in total. The lowest BCUT2D eigenvalue weighted by Gasteiger charge is -2.34. The van der Waals surface area contributed by atoms with E-state index >= 15 is 0 Å². The molecule has 1 aromatic heterocycles. The minimum absolute atomic E-state index is 0.115. The zero-order chi connectivity index (χ0) is 13.9. The number of ether oxygens (including phenoxy) is 1. The van der Waals surface area contributed by atoms with Gasteiger partial charge in [0.25, 0.3) is 0 Å². The summed E-state index contributed by atoms with van der Waals surface area (Å²) in [5.41, 5.74) is 1.20. The Morgan fingerprint density at radius 3 is 2.89 bits per heavy atom. The van der Waals surface area contributed by atoms with Crippen molar-refractivity contribution >= 4 is 5.82 Å². The number of hydrogen-bond acceptors (Lipinski definition) is 4. The van der Waals surface area contributed by atoms with E-state index in [-0.39, 0.29) is 5.54 Å². The normalized spacial score (nSPS) is 20.6. The topological polar surface area (TPSA) is 37.4 Å². The van der Waals surface area contributed by atoms with Gasteiger partial charge in [-0.15, -0.1) is 0 Å². The van der Waals surface area contributed by atoms with Crippen LogP contribution >= 0.6 is 0 Å². The molecule has 1 aliphatic rings. The van der Waals surface area contributed by atoms with Crippen LogP contribution in [0.3, 0.4) is 0 Å². The smallest absolute Gasteiger partial charge is 0.129 e. The van der Waals surface area contributed by atoms with Crippen molar-refractivity contribution in [1.82, 2.24) is 10.3 Å². The summed E-state index contributed by atoms with van der Waals surface area (Å²) in [5, 5.41) is 3.47. The van der Waals surface area contributed by atoms with Crippen LogP contribution in [0.15, 0.2) is 18.2 Å². The molecule has 0 bridgehead atoms. The highest BCUT2D eigenvalue weighted by Crippen LogP contribution is 2.17. The SMILES string of the molecule is CC1COCCN1c1cccc(CNC(C)(C)C)n1. The van der Waals surface area contributed by atoms with E-state index in [1.807, 2.05) is 0 Å². The Bertz CT molecular complexity index is 414. The number of nitrogens with zero attached hydrogens (tertiary/aromatic N) is 2. The summed E-state index contributed by atoms with van der Waals surface area (Å²) in [4.78, 5) is 7.08. The Morgan fingerprint density at radius 2 is 2.21 bits per heavy atom. The Labute approximate surface area is 116 Å². The zero-order valence-corrected chi connectivity index (χ0v) is 12.4. The third kappa shape index (κ3) is 4.18. The number of anilines is 1. The van der Waals surface area contributed by atoms with E-state index < -0.39 is 0 Å². The highest BCUT2D eigenvalue weighted by molar-refractivity contribution is 5.41. The maximum atomic E-state index is 5.47. The number of morpholine rings is 1. The van der Waals surface area contributed by atoms with Crippen molar-refractivity contribution in [1.29, 1.82) is 0 Å². The molecular formula is C15H25N3O. The Morgan fingerprint density at radius 1 is 1.42 bits per heavy atom. The van der Waals surface area contributed by atoms with Crippen LogP contribution in [0.25, 0.3) is 0 Å². The number of pyridine rings is 1. The summed E-state index contributed by atoms with van der Waals surface area (Å²) in [5.74, 6) is 1.06. The number of rotatable bonds is 3. The van der Waals surface area contributed by atoms with Gasteiger partial charge in [0.15, 0.2) is 0 Å². The van der Waals surface area contributed by atoms with Gasteiger partial charge in [0.05, 0.1) is 24.9 Å². The lowest BCUT2D eigenvalue weighted by atomic mass is 10.1. The largest absolute Gasteiger partial charge is 0.377 e. The molecule has 1 atom stereocenters. The van der Waals surface area contributed by atoms with Crippen LogP contribution in [0.5, 0.6) is 0 Å². The van der Waals surface area contributed by atoms with Crippen LogP contribution in [0.1, 0.15) is 33.4 Å². The molecule has 2 heterocycles. The van der Waals surface area contributed by atoms with Gasteiger partial charge < -0.3 is 15.0 Å². The summed E-state index contributed by atoms with van der Waals surface area (Å²) < 4.78 is 5.47. The molecule has 1 fully saturated rings. The Balaban J connectivity index is 2.06. The molecule has 1 saturated heterocycles. The highest BCUT2D eigenvalue weighted by atomic mass is 16.5. The van der Waals surface area contributed by atoms with Crippen molar-refractivity contribution in [2.75, 3.05) is 24.7 Å². The van der Waals surface area contributed by atoms with Crippen LogP contribution in [-0.4, -0.2) is 36.3 Å². The van der Waals surface area contributed by atoms with Crippen LogP contribution in [0, 0.1) is 0 Å². The van der Waals surface area contributed by atoms with E-state index in [0.717, 1.165) is 37.8 Å². The number of nitrogens with one attached hydrogen (secondary N) is 1. The minimum atomic E-state index is 0.115. The van der Waals surface area contributed by atoms with Gasteiger partial charge in [-0.05, 0) is 39.8 Å². The molecule has 1 unspecified atom stereocenters. The second kappa shape index (κ2) is 5.88. The molecular weight excluding hydrogens is 238 g/mol. The standard InChI is InChI=1S/C15H25N3O/c1-12-11-19-9-8-18(12)14-7-5-6-13(17-14)10-16-15(2,3)4/h5-7,12,16H,8-11H2,1-4H3. The second-order valence-electron chi connectivity index (χ2n) is 6.21. The fraction of sp³-hybridized carbons (Fsp3) is 0.667. The monoisotopic (exact) mass is 263 g/mol. The molecule has 0 saturated carbocycles.